The van der Waals surface area contributed by atoms with Crippen molar-refractivity contribution in [3.63, 3.8) is 0 Å². The summed E-state index contributed by atoms with van der Waals surface area (Å²) in [7, 11) is 0. The molecular formula is C11H13NO3. The molecule has 0 amide bonds. The molecule has 1 saturated carbocycles. The van der Waals surface area contributed by atoms with Gasteiger partial charge in [-0.25, -0.2) is 9.78 Å². The molecule has 1 aliphatic rings. The maximum Gasteiger partial charge on any atom is 0.358 e. The SMILES string of the molecule is Cc1ccc(OCC2CC2)c(C(=O)O)n1. The maximum absolute atomic E-state index is 10.9. The van der Waals surface area contributed by atoms with Gasteiger partial charge in [0.05, 0.1) is 6.61 Å². The molecule has 4 nitrogen and oxygen atoms in total. The van der Waals surface area contributed by atoms with Crippen molar-refractivity contribution in [1.82, 2.24) is 4.98 Å². The molecule has 1 N–H and O–H groups in total. The molecule has 1 aromatic heterocycles. The number of pyridine rings is 1. The number of carboxylic acid groups (broad SMARTS) is 1. The van der Waals surface area contributed by atoms with Crippen LogP contribution in [-0.2, 0) is 0 Å². The van der Waals surface area contributed by atoms with Gasteiger partial charge in [0.15, 0.2) is 11.4 Å². The fourth-order valence-electron chi connectivity index (χ4n) is 1.31. The van der Waals surface area contributed by atoms with Crippen LogP contribution in [0.4, 0.5) is 0 Å². The summed E-state index contributed by atoms with van der Waals surface area (Å²) in [6, 6.07) is 3.43. The van der Waals surface area contributed by atoms with Crippen molar-refractivity contribution in [2.75, 3.05) is 6.61 Å². The van der Waals surface area contributed by atoms with Gasteiger partial charge < -0.3 is 9.84 Å². The van der Waals surface area contributed by atoms with Crippen molar-refractivity contribution >= 4 is 5.97 Å². The Morgan fingerprint density at radius 3 is 2.93 bits per heavy atom. The number of ether oxygens (including phenoxy) is 1. The van der Waals surface area contributed by atoms with Gasteiger partial charge in [-0.1, -0.05) is 0 Å². The largest absolute Gasteiger partial charge is 0.491 e. The summed E-state index contributed by atoms with van der Waals surface area (Å²) < 4.78 is 5.43. The molecule has 4 heteroatoms. The molecule has 1 fully saturated rings. The standard InChI is InChI=1S/C11H13NO3/c1-7-2-5-9(10(12-7)11(13)14)15-6-8-3-4-8/h2,5,8H,3-4,6H2,1H3,(H,13,14). The highest BCUT2D eigenvalue weighted by molar-refractivity contribution is 5.88. The summed E-state index contributed by atoms with van der Waals surface area (Å²) in [5, 5.41) is 8.93. The number of rotatable bonds is 4. The van der Waals surface area contributed by atoms with Crippen molar-refractivity contribution in [1.29, 1.82) is 0 Å². The van der Waals surface area contributed by atoms with Gasteiger partial charge in [-0.05, 0) is 37.8 Å². The molecule has 15 heavy (non-hydrogen) atoms. The van der Waals surface area contributed by atoms with Crippen LogP contribution in [0.25, 0.3) is 0 Å². The lowest BCUT2D eigenvalue weighted by molar-refractivity contribution is 0.0684. The zero-order valence-electron chi connectivity index (χ0n) is 8.56. The summed E-state index contributed by atoms with van der Waals surface area (Å²) >= 11 is 0. The average Bonchev–Trinajstić information content (AvgIpc) is 2.99. The quantitative estimate of drug-likeness (QED) is 0.818. The Balaban J connectivity index is 2.15. The second-order valence-electron chi connectivity index (χ2n) is 3.86. The molecule has 0 aliphatic heterocycles. The van der Waals surface area contributed by atoms with Gasteiger partial charge in [-0.3, -0.25) is 0 Å². The Morgan fingerprint density at radius 1 is 1.60 bits per heavy atom. The number of hydrogen-bond acceptors (Lipinski definition) is 3. The summed E-state index contributed by atoms with van der Waals surface area (Å²) in [4.78, 5) is 14.8. The minimum absolute atomic E-state index is 0.00986. The topological polar surface area (TPSA) is 59.4 Å². The molecule has 1 aromatic rings. The highest BCUT2D eigenvalue weighted by Crippen LogP contribution is 2.30. The molecule has 0 bridgehead atoms. The van der Waals surface area contributed by atoms with Gasteiger partial charge in [0.25, 0.3) is 0 Å². The highest BCUT2D eigenvalue weighted by atomic mass is 16.5. The van der Waals surface area contributed by atoms with E-state index in [0.717, 1.165) is 0 Å². The van der Waals surface area contributed by atoms with Gasteiger partial charge >= 0.3 is 5.97 Å². The molecule has 80 valence electrons. The summed E-state index contributed by atoms with van der Waals surface area (Å²) in [5.41, 5.74) is 0.696. The van der Waals surface area contributed by atoms with E-state index in [2.05, 4.69) is 4.98 Å². The van der Waals surface area contributed by atoms with Crippen LogP contribution in [0.2, 0.25) is 0 Å². The van der Waals surface area contributed by atoms with Crippen LogP contribution in [0.5, 0.6) is 5.75 Å². The zero-order valence-corrected chi connectivity index (χ0v) is 8.56. The second kappa shape index (κ2) is 3.88. The van der Waals surface area contributed by atoms with E-state index in [1.165, 1.54) is 12.8 Å². The number of aromatic nitrogens is 1. The van der Waals surface area contributed by atoms with Gasteiger partial charge in [0, 0.05) is 5.69 Å². The third kappa shape index (κ3) is 2.46. The monoisotopic (exact) mass is 207 g/mol. The zero-order chi connectivity index (χ0) is 10.8. The predicted octanol–water partition coefficient (Wildman–Crippen LogP) is 1.88. The predicted molar refractivity (Wildman–Crippen MR) is 54.2 cm³/mol. The van der Waals surface area contributed by atoms with Crippen LogP contribution >= 0.6 is 0 Å². The molecule has 2 rings (SSSR count). The Kier molecular flexibility index (Phi) is 2.58. The van der Waals surface area contributed by atoms with E-state index < -0.39 is 5.97 Å². The van der Waals surface area contributed by atoms with Crippen LogP contribution in [0, 0.1) is 12.8 Å². The lowest BCUT2D eigenvalue weighted by Crippen LogP contribution is -2.08. The van der Waals surface area contributed by atoms with E-state index in [1.807, 2.05) is 0 Å². The number of aromatic carboxylic acids is 1. The number of hydrogen-bond donors (Lipinski definition) is 1. The van der Waals surface area contributed by atoms with Gasteiger partial charge in [-0.15, -0.1) is 0 Å². The van der Waals surface area contributed by atoms with E-state index in [4.69, 9.17) is 9.84 Å². The van der Waals surface area contributed by atoms with Crippen LogP contribution < -0.4 is 4.74 Å². The molecule has 1 aliphatic carbocycles. The lowest BCUT2D eigenvalue weighted by atomic mass is 10.3. The summed E-state index contributed by atoms with van der Waals surface area (Å²) in [5.74, 6) is -0.0579. The van der Waals surface area contributed by atoms with Crippen molar-refractivity contribution < 1.29 is 14.6 Å². The van der Waals surface area contributed by atoms with Crippen molar-refractivity contribution in [2.45, 2.75) is 19.8 Å². The maximum atomic E-state index is 10.9. The smallest absolute Gasteiger partial charge is 0.358 e. The number of carbonyl (C=O) groups is 1. The fraction of sp³-hybridized carbons (Fsp3) is 0.455. The number of nitrogens with zero attached hydrogens (tertiary/aromatic N) is 1. The Labute approximate surface area is 87.9 Å². The average molecular weight is 207 g/mol. The lowest BCUT2D eigenvalue weighted by Gasteiger charge is -2.07. The van der Waals surface area contributed by atoms with E-state index in [-0.39, 0.29) is 5.69 Å². The van der Waals surface area contributed by atoms with Gasteiger partial charge in [0.1, 0.15) is 0 Å². The molecular weight excluding hydrogens is 194 g/mol. The van der Waals surface area contributed by atoms with E-state index in [1.54, 1.807) is 19.1 Å². The van der Waals surface area contributed by atoms with Gasteiger partial charge in [0.2, 0.25) is 0 Å². The first-order valence-corrected chi connectivity index (χ1v) is 5.00. The van der Waals surface area contributed by atoms with Crippen molar-refractivity contribution in [2.24, 2.45) is 5.92 Å². The number of aryl methyl sites for hydroxylation is 1. The fourth-order valence-corrected chi connectivity index (χ4v) is 1.31. The van der Waals surface area contributed by atoms with E-state index in [0.29, 0.717) is 24.0 Å². The summed E-state index contributed by atoms with van der Waals surface area (Å²) in [6.07, 6.45) is 2.36. The van der Waals surface area contributed by atoms with Crippen molar-refractivity contribution in [3.8, 4) is 5.75 Å². The minimum Gasteiger partial charge on any atom is -0.491 e. The first kappa shape index (κ1) is 9.96. The highest BCUT2D eigenvalue weighted by Gasteiger charge is 2.23. The Hall–Kier alpha value is -1.58. The first-order valence-electron chi connectivity index (χ1n) is 5.00. The molecule has 0 spiro atoms. The normalized spacial score (nSPS) is 15.0. The summed E-state index contributed by atoms with van der Waals surface area (Å²) in [6.45, 7) is 2.36. The molecule has 0 unspecified atom stereocenters. The van der Waals surface area contributed by atoms with Gasteiger partial charge in [-0.2, -0.15) is 0 Å². The van der Waals surface area contributed by atoms with Crippen LogP contribution in [0.15, 0.2) is 12.1 Å². The van der Waals surface area contributed by atoms with Crippen LogP contribution in [0.1, 0.15) is 29.0 Å². The molecule has 0 saturated heterocycles. The molecule has 0 atom stereocenters. The van der Waals surface area contributed by atoms with Crippen molar-refractivity contribution in [3.05, 3.63) is 23.5 Å². The third-order valence-electron chi connectivity index (χ3n) is 2.37. The molecule has 1 heterocycles. The molecule has 0 radical (unpaired) electrons. The Bertz CT molecular complexity index is 385. The van der Waals surface area contributed by atoms with E-state index in [9.17, 15) is 4.79 Å². The minimum atomic E-state index is -1.04. The van der Waals surface area contributed by atoms with Crippen LogP contribution in [0.3, 0.4) is 0 Å². The first-order chi connectivity index (χ1) is 7.16. The Morgan fingerprint density at radius 2 is 2.33 bits per heavy atom. The van der Waals surface area contributed by atoms with E-state index >= 15 is 0 Å². The van der Waals surface area contributed by atoms with Crippen LogP contribution in [-0.4, -0.2) is 22.7 Å². The third-order valence-corrected chi connectivity index (χ3v) is 2.37. The molecule has 0 aromatic carbocycles. The second-order valence-corrected chi connectivity index (χ2v) is 3.86. The number of carboxylic acids is 1.